The minimum atomic E-state index is 0.310. The molecule has 17 heavy (non-hydrogen) atoms. The van der Waals surface area contributed by atoms with Crippen LogP contribution >= 0.6 is 0 Å². The average molecular weight is 231 g/mol. The topological polar surface area (TPSA) is 43.1 Å². The van der Waals surface area contributed by atoms with Gasteiger partial charge in [-0.15, -0.1) is 0 Å². The van der Waals surface area contributed by atoms with Crippen molar-refractivity contribution in [3.05, 3.63) is 35.4 Å². The maximum atomic E-state index is 12.1. The van der Waals surface area contributed by atoms with Crippen molar-refractivity contribution in [2.75, 3.05) is 0 Å². The third-order valence-electron chi connectivity index (χ3n) is 3.67. The van der Waals surface area contributed by atoms with Crippen LogP contribution in [0, 0.1) is 5.92 Å². The summed E-state index contributed by atoms with van der Waals surface area (Å²) in [5.74, 6) is 0.726. The fraction of sp³-hybridized carbons (Fsp3) is 0.533. The molecular formula is C15H21NO. The zero-order valence-electron chi connectivity index (χ0n) is 10.3. The van der Waals surface area contributed by atoms with Gasteiger partial charge in [0.15, 0.2) is 0 Å². The molecule has 1 aromatic carbocycles. The number of nitrogens with two attached hydrogens (primary N) is 1. The van der Waals surface area contributed by atoms with E-state index in [0.717, 1.165) is 24.0 Å². The van der Waals surface area contributed by atoms with Crippen molar-refractivity contribution in [2.24, 2.45) is 11.7 Å². The molecule has 1 aliphatic rings. The quantitative estimate of drug-likeness (QED) is 0.866. The maximum Gasteiger partial charge on any atom is 0.140 e. The van der Waals surface area contributed by atoms with Gasteiger partial charge in [0.1, 0.15) is 5.78 Å². The first-order valence-electron chi connectivity index (χ1n) is 6.60. The highest BCUT2D eigenvalue weighted by Gasteiger charge is 2.20. The van der Waals surface area contributed by atoms with Crippen LogP contribution in [0.3, 0.4) is 0 Å². The van der Waals surface area contributed by atoms with Gasteiger partial charge in [0.05, 0.1) is 0 Å². The van der Waals surface area contributed by atoms with E-state index in [1.165, 1.54) is 19.3 Å². The Balaban J connectivity index is 1.96. The Morgan fingerprint density at radius 2 is 1.88 bits per heavy atom. The van der Waals surface area contributed by atoms with E-state index in [1.54, 1.807) is 0 Å². The lowest BCUT2D eigenvalue weighted by Gasteiger charge is -2.20. The zero-order chi connectivity index (χ0) is 12.1. The van der Waals surface area contributed by atoms with Crippen LogP contribution < -0.4 is 5.73 Å². The van der Waals surface area contributed by atoms with Gasteiger partial charge in [0.25, 0.3) is 0 Å². The average Bonchev–Trinajstić information content (AvgIpc) is 2.40. The van der Waals surface area contributed by atoms with E-state index in [4.69, 9.17) is 5.73 Å². The van der Waals surface area contributed by atoms with Crippen molar-refractivity contribution < 1.29 is 4.79 Å². The second-order valence-electron chi connectivity index (χ2n) is 5.00. The molecule has 0 radical (unpaired) electrons. The van der Waals surface area contributed by atoms with E-state index < -0.39 is 0 Å². The van der Waals surface area contributed by atoms with Gasteiger partial charge < -0.3 is 5.73 Å². The van der Waals surface area contributed by atoms with Gasteiger partial charge in [-0.25, -0.2) is 0 Å². The first-order valence-corrected chi connectivity index (χ1v) is 6.60. The van der Waals surface area contributed by atoms with E-state index in [2.05, 4.69) is 6.07 Å². The summed E-state index contributed by atoms with van der Waals surface area (Å²) < 4.78 is 0. The van der Waals surface area contributed by atoms with Crippen molar-refractivity contribution >= 4 is 5.78 Å². The van der Waals surface area contributed by atoms with Gasteiger partial charge in [-0.2, -0.15) is 0 Å². The Morgan fingerprint density at radius 1 is 1.18 bits per heavy atom. The van der Waals surface area contributed by atoms with Crippen LogP contribution in [0.1, 0.15) is 43.2 Å². The van der Waals surface area contributed by atoms with Crippen molar-refractivity contribution in [3.63, 3.8) is 0 Å². The van der Waals surface area contributed by atoms with Gasteiger partial charge in [0, 0.05) is 18.9 Å². The van der Waals surface area contributed by atoms with Crippen molar-refractivity contribution in [1.29, 1.82) is 0 Å². The molecule has 2 heteroatoms. The normalized spacial score (nSPS) is 17.0. The molecule has 0 atom stereocenters. The maximum absolute atomic E-state index is 12.1. The number of hydrogen-bond acceptors (Lipinski definition) is 2. The second-order valence-corrected chi connectivity index (χ2v) is 5.00. The zero-order valence-corrected chi connectivity index (χ0v) is 10.3. The highest BCUT2D eigenvalue weighted by molar-refractivity contribution is 5.83. The molecule has 0 bridgehead atoms. The molecule has 1 saturated carbocycles. The Hall–Kier alpha value is -1.15. The summed E-state index contributed by atoms with van der Waals surface area (Å²) in [6.45, 7) is 0.547. The second kappa shape index (κ2) is 5.97. The van der Waals surface area contributed by atoms with E-state index in [0.29, 0.717) is 24.7 Å². The molecule has 1 aliphatic carbocycles. The summed E-state index contributed by atoms with van der Waals surface area (Å²) in [6.07, 6.45) is 6.51. The van der Waals surface area contributed by atoms with Crippen LogP contribution in [0.5, 0.6) is 0 Å². The number of Topliss-reactive ketones (excluding diaryl/α,β-unsaturated/α-hetero) is 1. The Bertz CT molecular complexity index is 380. The molecule has 1 aromatic rings. The van der Waals surface area contributed by atoms with Crippen molar-refractivity contribution in [2.45, 2.75) is 45.1 Å². The molecule has 0 spiro atoms. The molecule has 92 valence electrons. The molecule has 0 unspecified atom stereocenters. The lowest BCUT2D eigenvalue weighted by Crippen LogP contribution is -2.19. The smallest absolute Gasteiger partial charge is 0.140 e. The lowest BCUT2D eigenvalue weighted by atomic mass is 9.84. The van der Waals surface area contributed by atoms with Crippen LogP contribution in [-0.4, -0.2) is 5.78 Å². The monoisotopic (exact) mass is 231 g/mol. The van der Waals surface area contributed by atoms with Gasteiger partial charge in [0.2, 0.25) is 0 Å². The summed E-state index contributed by atoms with van der Waals surface area (Å²) in [4.78, 5) is 12.1. The molecule has 2 N–H and O–H groups in total. The Labute approximate surface area is 103 Å². The summed E-state index contributed by atoms with van der Waals surface area (Å²) >= 11 is 0. The van der Waals surface area contributed by atoms with Crippen LogP contribution in [-0.2, 0) is 17.8 Å². The van der Waals surface area contributed by atoms with Crippen LogP contribution in [0.2, 0.25) is 0 Å². The molecular weight excluding hydrogens is 210 g/mol. The Kier molecular flexibility index (Phi) is 4.32. The molecule has 0 aromatic heterocycles. The number of carbonyl (C=O) groups excluding carboxylic acids is 1. The first-order chi connectivity index (χ1) is 8.29. The number of rotatable bonds is 4. The van der Waals surface area contributed by atoms with Gasteiger partial charge in [-0.1, -0.05) is 43.5 Å². The van der Waals surface area contributed by atoms with Gasteiger partial charge >= 0.3 is 0 Å². The summed E-state index contributed by atoms with van der Waals surface area (Å²) in [5, 5.41) is 0. The molecule has 0 aliphatic heterocycles. The minimum Gasteiger partial charge on any atom is -0.326 e. The third-order valence-corrected chi connectivity index (χ3v) is 3.67. The van der Waals surface area contributed by atoms with Gasteiger partial charge in [-0.05, 0) is 24.0 Å². The number of benzene rings is 1. The van der Waals surface area contributed by atoms with Crippen LogP contribution in [0.15, 0.2) is 24.3 Å². The number of hydrogen-bond donors (Lipinski definition) is 1. The molecule has 0 heterocycles. The minimum absolute atomic E-state index is 0.310. The highest BCUT2D eigenvalue weighted by Crippen LogP contribution is 2.25. The van der Waals surface area contributed by atoms with Crippen LogP contribution in [0.25, 0.3) is 0 Å². The van der Waals surface area contributed by atoms with Gasteiger partial charge in [-0.3, -0.25) is 4.79 Å². The SMILES string of the molecule is NCc1cccc(CC(=O)C2CCCCC2)c1. The molecule has 2 rings (SSSR count). The highest BCUT2D eigenvalue weighted by atomic mass is 16.1. The molecule has 0 amide bonds. The fourth-order valence-electron chi connectivity index (χ4n) is 2.64. The Morgan fingerprint density at radius 3 is 2.59 bits per heavy atom. The summed E-state index contributed by atoms with van der Waals surface area (Å²) in [7, 11) is 0. The molecule has 0 saturated heterocycles. The predicted molar refractivity (Wildman–Crippen MR) is 69.6 cm³/mol. The first kappa shape index (κ1) is 12.3. The van der Waals surface area contributed by atoms with Crippen molar-refractivity contribution in [3.8, 4) is 0 Å². The van der Waals surface area contributed by atoms with E-state index >= 15 is 0 Å². The summed E-state index contributed by atoms with van der Waals surface area (Å²) in [5.41, 5.74) is 7.83. The van der Waals surface area contributed by atoms with Crippen molar-refractivity contribution in [1.82, 2.24) is 0 Å². The van der Waals surface area contributed by atoms with Crippen LogP contribution in [0.4, 0.5) is 0 Å². The van der Waals surface area contributed by atoms with E-state index in [9.17, 15) is 4.79 Å². The standard InChI is InChI=1S/C15H21NO/c16-11-13-6-4-5-12(9-13)10-15(17)14-7-2-1-3-8-14/h4-6,9,14H,1-3,7-8,10-11,16H2. The summed E-state index contributed by atoms with van der Waals surface area (Å²) in [6, 6.07) is 8.08. The lowest BCUT2D eigenvalue weighted by molar-refractivity contribution is -0.123. The number of ketones is 1. The van der Waals surface area contributed by atoms with E-state index in [1.807, 2.05) is 18.2 Å². The molecule has 1 fully saturated rings. The number of carbonyl (C=O) groups is 1. The predicted octanol–water partition coefficient (Wildman–Crippen LogP) is 2.84. The van der Waals surface area contributed by atoms with E-state index in [-0.39, 0.29) is 0 Å². The fourth-order valence-corrected chi connectivity index (χ4v) is 2.64. The largest absolute Gasteiger partial charge is 0.326 e. The third kappa shape index (κ3) is 3.40. The molecule has 2 nitrogen and oxygen atoms in total.